The summed E-state index contributed by atoms with van der Waals surface area (Å²) < 4.78 is 19.9. The van der Waals surface area contributed by atoms with Crippen LogP contribution in [0.3, 0.4) is 0 Å². The standard InChI is InChI=1S/C41H35N5O5/c1-49-35-17-13-32(14-18-35)41(31-11-7-4-8-12-31,33-15-19-36(50-2)20-16-33)51-25-29-21-28(24-47)22-34(23-29)46-27-44-37-38(42-26-43-39(37)46)45-40(48)30-9-5-3-6-10-30/h3-23,26-27,47H,24-25H2,1-2H3,(H,42,43,45,48). The van der Waals surface area contributed by atoms with Crippen molar-refractivity contribution in [3.63, 3.8) is 0 Å². The second kappa shape index (κ2) is 14.6. The molecule has 10 nitrogen and oxygen atoms in total. The number of hydrogen-bond acceptors (Lipinski definition) is 8. The van der Waals surface area contributed by atoms with Gasteiger partial charge in [0, 0.05) is 11.3 Å². The first-order chi connectivity index (χ1) is 25.0. The quantitative estimate of drug-likeness (QED) is 0.132. The molecule has 5 aromatic carbocycles. The Morgan fingerprint density at radius 1 is 0.725 bits per heavy atom. The largest absolute Gasteiger partial charge is 0.497 e. The Hall–Kier alpha value is -6.36. The van der Waals surface area contributed by atoms with Gasteiger partial charge in [-0.1, -0.05) is 78.9 Å². The third-order valence-electron chi connectivity index (χ3n) is 8.73. The normalized spacial score (nSPS) is 11.4. The van der Waals surface area contributed by atoms with Gasteiger partial charge in [-0.2, -0.15) is 0 Å². The van der Waals surface area contributed by atoms with Gasteiger partial charge in [0.25, 0.3) is 5.91 Å². The second-order valence-corrected chi connectivity index (χ2v) is 11.8. The summed E-state index contributed by atoms with van der Waals surface area (Å²) in [6.07, 6.45) is 3.01. The van der Waals surface area contributed by atoms with E-state index >= 15 is 0 Å². The molecule has 0 saturated heterocycles. The second-order valence-electron chi connectivity index (χ2n) is 11.8. The van der Waals surface area contributed by atoms with Crippen molar-refractivity contribution < 1.29 is 24.1 Å². The first-order valence-electron chi connectivity index (χ1n) is 16.3. The topological polar surface area (TPSA) is 121 Å². The first kappa shape index (κ1) is 33.2. The average molecular weight is 678 g/mol. The Bertz CT molecular complexity index is 2210. The molecule has 0 aliphatic heterocycles. The van der Waals surface area contributed by atoms with Gasteiger partial charge in [-0.15, -0.1) is 0 Å². The minimum Gasteiger partial charge on any atom is -0.497 e. The molecule has 0 radical (unpaired) electrons. The van der Waals surface area contributed by atoms with Gasteiger partial charge >= 0.3 is 0 Å². The predicted octanol–water partition coefficient (Wildman–Crippen LogP) is 7.09. The minimum absolute atomic E-state index is 0.174. The van der Waals surface area contributed by atoms with E-state index in [1.807, 2.05) is 91.0 Å². The van der Waals surface area contributed by atoms with Crippen LogP contribution in [0.15, 0.2) is 140 Å². The van der Waals surface area contributed by atoms with Crippen molar-refractivity contribution in [2.24, 2.45) is 0 Å². The number of aromatic nitrogens is 4. The molecule has 0 atom stereocenters. The van der Waals surface area contributed by atoms with E-state index in [0.717, 1.165) is 33.8 Å². The molecule has 0 saturated carbocycles. The van der Waals surface area contributed by atoms with E-state index in [9.17, 15) is 9.90 Å². The van der Waals surface area contributed by atoms with E-state index in [2.05, 4.69) is 32.4 Å². The molecule has 0 aliphatic carbocycles. The van der Waals surface area contributed by atoms with Gasteiger partial charge in [0.15, 0.2) is 17.0 Å². The Morgan fingerprint density at radius 2 is 1.31 bits per heavy atom. The number of imidazole rings is 1. The smallest absolute Gasteiger partial charge is 0.256 e. The van der Waals surface area contributed by atoms with Gasteiger partial charge in [-0.3, -0.25) is 9.36 Å². The highest BCUT2D eigenvalue weighted by molar-refractivity contribution is 6.06. The van der Waals surface area contributed by atoms with Crippen LogP contribution in [0.1, 0.15) is 38.2 Å². The van der Waals surface area contributed by atoms with Crippen molar-refractivity contribution in [1.29, 1.82) is 0 Å². The Balaban J connectivity index is 1.28. The summed E-state index contributed by atoms with van der Waals surface area (Å²) in [5, 5.41) is 13.2. The monoisotopic (exact) mass is 677 g/mol. The van der Waals surface area contributed by atoms with Gasteiger partial charge in [-0.05, 0) is 76.3 Å². The molecule has 7 rings (SSSR count). The van der Waals surface area contributed by atoms with Crippen molar-refractivity contribution in [2.75, 3.05) is 19.5 Å². The van der Waals surface area contributed by atoms with Gasteiger partial charge in [0.1, 0.15) is 29.8 Å². The van der Waals surface area contributed by atoms with Crippen LogP contribution in [-0.4, -0.2) is 44.8 Å². The molecule has 1 amide bonds. The molecule has 0 unspecified atom stereocenters. The molecule has 0 spiro atoms. The minimum atomic E-state index is -1.03. The van der Waals surface area contributed by atoms with Crippen molar-refractivity contribution in [1.82, 2.24) is 19.5 Å². The number of amides is 1. The lowest BCUT2D eigenvalue weighted by Crippen LogP contribution is -2.32. The van der Waals surface area contributed by atoms with Crippen molar-refractivity contribution in [3.8, 4) is 17.2 Å². The van der Waals surface area contributed by atoms with Crippen LogP contribution in [0.5, 0.6) is 11.5 Å². The number of benzene rings is 5. The van der Waals surface area contributed by atoms with Gasteiger partial charge in [0.2, 0.25) is 0 Å². The van der Waals surface area contributed by atoms with Crippen LogP contribution in [-0.2, 0) is 23.6 Å². The fourth-order valence-electron chi connectivity index (χ4n) is 6.21. The third kappa shape index (κ3) is 6.65. The Labute approximate surface area is 295 Å². The molecule has 0 aliphatic rings. The number of hydrogen-bond donors (Lipinski definition) is 2. The summed E-state index contributed by atoms with van der Waals surface area (Å²) in [6, 6.07) is 40.5. The van der Waals surface area contributed by atoms with Crippen LogP contribution in [0.4, 0.5) is 5.82 Å². The van der Waals surface area contributed by atoms with Crippen LogP contribution in [0.2, 0.25) is 0 Å². The highest BCUT2D eigenvalue weighted by atomic mass is 16.5. The molecule has 7 aromatic rings. The maximum atomic E-state index is 12.9. The summed E-state index contributed by atoms with van der Waals surface area (Å²) in [5.41, 5.74) is 5.33. The maximum absolute atomic E-state index is 12.9. The zero-order chi connectivity index (χ0) is 35.2. The lowest BCUT2D eigenvalue weighted by atomic mass is 9.80. The summed E-state index contributed by atoms with van der Waals surface area (Å²) in [7, 11) is 3.28. The van der Waals surface area contributed by atoms with Crippen molar-refractivity contribution in [2.45, 2.75) is 18.8 Å². The maximum Gasteiger partial charge on any atom is 0.256 e. The molecule has 2 heterocycles. The van der Waals surface area contributed by atoms with Crippen LogP contribution in [0.25, 0.3) is 16.9 Å². The van der Waals surface area contributed by atoms with E-state index in [0.29, 0.717) is 33.8 Å². The molecular weight excluding hydrogens is 642 g/mol. The number of carbonyl (C=O) groups excluding carboxylic acids is 1. The fourth-order valence-corrected chi connectivity index (χ4v) is 6.21. The molecule has 51 heavy (non-hydrogen) atoms. The van der Waals surface area contributed by atoms with E-state index in [-0.39, 0.29) is 19.1 Å². The molecule has 254 valence electrons. The zero-order valence-electron chi connectivity index (χ0n) is 28.1. The summed E-state index contributed by atoms with van der Waals surface area (Å²) in [6.45, 7) is -0.0184. The van der Waals surface area contributed by atoms with Gasteiger partial charge in [0.05, 0.1) is 27.4 Å². The van der Waals surface area contributed by atoms with Gasteiger partial charge in [-0.25, -0.2) is 15.0 Å². The Morgan fingerprint density at radius 3 is 1.92 bits per heavy atom. The predicted molar refractivity (Wildman–Crippen MR) is 194 cm³/mol. The summed E-state index contributed by atoms with van der Waals surface area (Å²) in [4.78, 5) is 26.3. The number of rotatable bonds is 12. The van der Waals surface area contributed by atoms with Crippen LogP contribution >= 0.6 is 0 Å². The van der Waals surface area contributed by atoms with E-state index in [1.165, 1.54) is 6.33 Å². The number of ether oxygens (including phenoxy) is 3. The third-order valence-corrected chi connectivity index (χ3v) is 8.73. The van der Waals surface area contributed by atoms with E-state index in [4.69, 9.17) is 14.2 Å². The molecule has 0 bridgehead atoms. The van der Waals surface area contributed by atoms with Gasteiger partial charge < -0.3 is 24.6 Å². The highest BCUT2D eigenvalue weighted by Gasteiger charge is 2.38. The molecule has 2 aromatic heterocycles. The lowest BCUT2D eigenvalue weighted by Gasteiger charge is -2.36. The number of aliphatic hydroxyl groups is 1. The van der Waals surface area contributed by atoms with Crippen molar-refractivity contribution >= 4 is 22.9 Å². The van der Waals surface area contributed by atoms with E-state index < -0.39 is 5.60 Å². The number of anilines is 1. The molecule has 2 N–H and O–H groups in total. The molecule has 10 heteroatoms. The molecule has 0 fully saturated rings. The van der Waals surface area contributed by atoms with Crippen LogP contribution < -0.4 is 14.8 Å². The fraction of sp³-hybridized carbons (Fsp3) is 0.122. The molecular formula is C41H35N5O5. The average Bonchev–Trinajstić information content (AvgIpc) is 3.64. The summed E-state index contributed by atoms with van der Waals surface area (Å²) >= 11 is 0. The van der Waals surface area contributed by atoms with E-state index in [1.54, 1.807) is 49.4 Å². The number of carbonyl (C=O) groups is 1. The van der Waals surface area contributed by atoms with Crippen molar-refractivity contribution in [3.05, 3.63) is 173 Å². The lowest BCUT2D eigenvalue weighted by molar-refractivity contribution is 0.000141. The van der Waals surface area contributed by atoms with Crippen LogP contribution in [0, 0.1) is 0 Å². The number of aliphatic hydroxyl groups excluding tert-OH is 1. The number of methoxy groups -OCH3 is 2. The zero-order valence-corrected chi connectivity index (χ0v) is 28.1. The summed E-state index contributed by atoms with van der Waals surface area (Å²) in [5.74, 6) is 1.45. The first-order valence-corrected chi connectivity index (χ1v) is 16.3. The number of nitrogens with one attached hydrogen (secondary N) is 1. The SMILES string of the molecule is COc1ccc(C(OCc2cc(CO)cc(-n3cnc4c(NC(=O)c5ccccc5)ncnc43)c2)(c2ccccc2)c2ccc(OC)cc2)cc1. The Kier molecular flexibility index (Phi) is 9.51. The number of fused-ring (bicyclic) bond motifs is 1. The highest BCUT2D eigenvalue weighted by Crippen LogP contribution is 2.42. The number of nitrogens with zero attached hydrogens (tertiary/aromatic N) is 4.